The summed E-state index contributed by atoms with van der Waals surface area (Å²) in [5.41, 5.74) is 4.19. The molecule has 2 heteroatoms. The molecule has 0 aliphatic rings. The van der Waals surface area contributed by atoms with E-state index in [1.54, 1.807) is 0 Å². The molecule has 0 fully saturated rings. The van der Waals surface area contributed by atoms with Crippen molar-refractivity contribution in [1.29, 1.82) is 5.26 Å². The molecule has 0 saturated carbocycles. The number of nitriles is 1. The van der Waals surface area contributed by atoms with Crippen molar-refractivity contribution >= 4 is 22.7 Å². The van der Waals surface area contributed by atoms with Crippen LogP contribution in [0.2, 0.25) is 5.02 Å². The smallest absolute Gasteiger partial charge is 0.100 e. The number of benzene rings is 3. The molecule has 0 atom stereocenters. The Morgan fingerprint density at radius 3 is 1.78 bits per heavy atom. The van der Waals surface area contributed by atoms with Gasteiger partial charge in [-0.25, -0.2) is 0 Å². The molecule has 0 aliphatic carbocycles. The van der Waals surface area contributed by atoms with Crippen LogP contribution in [-0.4, -0.2) is 0 Å². The summed E-state index contributed by atoms with van der Waals surface area (Å²) in [5, 5.41) is 10.4. The highest BCUT2D eigenvalue weighted by Gasteiger charge is 2.15. The van der Waals surface area contributed by atoms with E-state index < -0.39 is 0 Å². The summed E-state index contributed by atoms with van der Waals surface area (Å²) in [5.74, 6) is 0. The molecule has 3 aromatic carbocycles. The summed E-state index contributed by atoms with van der Waals surface area (Å²) in [4.78, 5) is 0. The van der Waals surface area contributed by atoms with Gasteiger partial charge in [-0.05, 0) is 17.2 Å². The van der Waals surface area contributed by atoms with Gasteiger partial charge in [-0.3, -0.25) is 0 Å². The fourth-order valence-corrected chi connectivity index (χ4v) is 2.80. The van der Waals surface area contributed by atoms with E-state index in [0.29, 0.717) is 10.6 Å². The minimum absolute atomic E-state index is 0.616. The van der Waals surface area contributed by atoms with Crippen molar-refractivity contribution in [3.8, 4) is 6.07 Å². The van der Waals surface area contributed by atoms with Gasteiger partial charge in [-0.2, -0.15) is 5.26 Å². The Labute approximate surface area is 141 Å². The molecule has 0 unspecified atom stereocenters. The molecule has 1 nitrogen and oxygen atoms in total. The van der Waals surface area contributed by atoms with Crippen molar-refractivity contribution in [1.82, 2.24) is 0 Å². The lowest BCUT2D eigenvalue weighted by Gasteiger charge is -2.13. The van der Waals surface area contributed by atoms with Crippen LogP contribution in [0, 0.1) is 11.3 Å². The Bertz CT molecular complexity index is 874. The molecule has 3 rings (SSSR count). The van der Waals surface area contributed by atoms with Crippen LogP contribution in [0.3, 0.4) is 0 Å². The summed E-state index contributed by atoms with van der Waals surface area (Å²) in [7, 11) is 0. The monoisotopic (exact) mass is 315 g/mol. The molecule has 0 amide bonds. The van der Waals surface area contributed by atoms with Crippen LogP contribution in [0.25, 0.3) is 11.1 Å². The number of rotatable bonds is 3. The van der Waals surface area contributed by atoms with E-state index in [2.05, 4.69) is 6.07 Å². The Balaban J connectivity index is 2.35. The van der Waals surface area contributed by atoms with E-state index in [4.69, 9.17) is 11.6 Å². The highest BCUT2D eigenvalue weighted by Crippen LogP contribution is 2.35. The Morgan fingerprint density at radius 2 is 1.22 bits per heavy atom. The molecule has 0 aliphatic heterocycles. The molecule has 0 spiro atoms. The maximum Gasteiger partial charge on any atom is 0.100 e. The van der Waals surface area contributed by atoms with Gasteiger partial charge >= 0.3 is 0 Å². The minimum atomic E-state index is 0.616. The third-order valence-corrected chi connectivity index (χ3v) is 3.96. The van der Waals surface area contributed by atoms with Gasteiger partial charge in [0.25, 0.3) is 0 Å². The Hall–Kier alpha value is -2.82. The lowest BCUT2D eigenvalue weighted by atomic mass is 9.90. The fraction of sp³-hybridized carbons (Fsp3) is 0. The van der Waals surface area contributed by atoms with E-state index in [9.17, 15) is 5.26 Å². The van der Waals surface area contributed by atoms with Gasteiger partial charge < -0.3 is 0 Å². The van der Waals surface area contributed by atoms with Gasteiger partial charge in [0, 0.05) is 16.2 Å². The van der Waals surface area contributed by atoms with Crippen molar-refractivity contribution in [2.75, 3.05) is 0 Å². The highest BCUT2D eigenvalue weighted by atomic mass is 35.5. The third kappa shape index (κ3) is 3.18. The van der Waals surface area contributed by atoms with Gasteiger partial charge in [-0.1, -0.05) is 90.5 Å². The number of hydrogen-bond acceptors (Lipinski definition) is 1. The van der Waals surface area contributed by atoms with Gasteiger partial charge in [-0.15, -0.1) is 0 Å². The van der Waals surface area contributed by atoms with Crippen molar-refractivity contribution in [2.45, 2.75) is 0 Å². The molecule has 23 heavy (non-hydrogen) atoms. The van der Waals surface area contributed by atoms with Crippen molar-refractivity contribution in [3.05, 3.63) is 107 Å². The lowest BCUT2D eigenvalue weighted by Crippen LogP contribution is -1.94. The van der Waals surface area contributed by atoms with Crippen LogP contribution in [0.15, 0.2) is 84.9 Å². The zero-order valence-corrected chi connectivity index (χ0v) is 13.2. The number of halogens is 1. The molecule has 0 radical (unpaired) electrons. The van der Waals surface area contributed by atoms with Crippen molar-refractivity contribution in [2.24, 2.45) is 0 Å². The molecule has 0 N–H and O–H groups in total. The third-order valence-electron chi connectivity index (χ3n) is 3.63. The molecule has 0 saturated heterocycles. The molecule has 0 heterocycles. The first kappa shape index (κ1) is 15.1. The maximum absolute atomic E-state index is 9.81. The second-order valence-electron chi connectivity index (χ2n) is 5.07. The molecule has 110 valence electrons. The van der Waals surface area contributed by atoms with Crippen LogP contribution in [0.5, 0.6) is 0 Å². The molecule has 0 aromatic heterocycles. The number of nitrogens with zero attached hydrogens (tertiary/aromatic N) is 1. The van der Waals surface area contributed by atoms with Gasteiger partial charge in [0.1, 0.15) is 6.07 Å². The summed E-state index contributed by atoms with van der Waals surface area (Å²) >= 11 is 6.41. The summed E-state index contributed by atoms with van der Waals surface area (Å²) < 4.78 is 0. The number of hydrogen-bond donors (Lipinski definition) is 0. The van der Waals surface area contributed by atoms with Crippen LogP contribution in [0.1, 0.15) is 16.7 Å². The standard InChI is InChI=1S/C21H14ClN/c22-20-14-8-7-13-18(20)21(17-11-5-2-6-12-17)19(15-23)16-9-3-1-4-10-16/h1-14H. The summed E-state index contributed by atoms with van der Waals surface area (Å²) in [6.07, 6.45) is 0. The largest absolute Gasteiger partial charge is 0.192 e. The lowest BCUT2D eigenvalue weighted by molar-refractivity contribution is 1.50. The quantitative estimate of drug-likeness (QED) is 0.441. The minimum Gasteiger partial charge on any atom is -0.192 e. The molecular weight excluding hydrogens is 302 g/mol. The van der Waals surface area contributed by atoms with Gasteiger partial charge in [0.05, 0.1) is 5.57 Å². The average molecular weight is 316 g/mol. The van der Waals surface area contributed by atoms with Crippen LogP contribution >= 0.6 is 11.6 Å². The first-order chi connectivity index (χ1) is 11.3. The van der Waals surface area contributed by atoms with Gasteiger partial charge in [0.2, 0.25) is 0 Å². The van der Waals surface area contributed by atoms with Crippen molar-refractivity contribution < 1.29 is 0 Å². The average Bonchev–Trinajstić information content (AvgIpc) is 2.62. The Kier molecular flexibility index (Phi) is 4.57. The second-order valence-corrected chi connectivity index (χ2v) is 5.48. The number of allylic oxidation sites excluding steroid dienone is 1. The maximum atomic E-state index is 9.81. The first-order valence-electron chi connectivity index (χ1n) is 7.31. The first-order valence-corrected chi connectivity index (χ1v) is 7.69. The van der Waals surface area contributed by atoms with E-state index in [1.807, 2.05) is 84.9 Å². The van der Waals surface area contributed by atoms with E-state index >= 15 is 0 Å². The highest BCUT2D eigenvalue weighted by molar-refractivity contribution is 6.33. The molecule has 0 bridgehead atoms. The Morgan fingerprint density at radius 1 is 0.696 bits per heavy atom. The zero-order valence-electron chi connectivity index (χ0n) is 12.4. The van der Waals surface area contributed by atoms with Crippen LogP contribution in [0.4, 0.5) is 0 Å². The summed E-state index contributed by atoms with van der Waals surface area (Å²) in [6.45, 7) is 0. The second kappa shape index (κ2) is 6.96. The van der Waals surface area contributed by atoms with E-state index in [1.165, 1.54) is 0 Å². The van der Waals surface area contributed by atoms with Gasteiger partial charge in [0.15, 0.2) is 0 Å². The fourth-order valence-electron chi connectivity index (χ4n) is 2.57. The van der Waals surface area contributed by atoms with E-state index in [0.717, 1.165) is 22.3 Å². The van der Waals surface area contributed by atoms with Crippen molar-refractivity contribution in [3.63, 3.8) is 0 Å². The van der Waals surface area contributed by atoms with Crippen LogP contribution < -0.4 is 0 Å². The predicted octanol–water partition coefficient (Wildman–Crippen LogP) is 5.82. The molecular formula is C21H14ClN. The van der Waals surface area contributed by atoms with Crippen LogP contribution in [-0.2, 0) is 0 Å². The normalized spacial score (nSPS) is 11.5. The van der Waals surface area contributed by atoms with E-state index in [-0.39, 0.29) is 0 Å². The molecule has 3 aromatic rings. The topological polar surface area (TPSA) is 23.8 Å². The zero-order chi connectivity index (χ0) is 16.1. The predicted molar refractivity (Wildman–Crippen MR) is 95.9 cm³/mol. The summed E-state index contributed by atoms with van der Waals surface area (Å²) in [6, 6.07) is 29.6. The SMILES string of the molecule is N#CC(=C(c1ccccc1)c1ccccc1Cl)c1ccccc1.